The number of hydrogen-bond acceptors (Lipinski definition) is 6. The highest BCUT2D eigenvalue weighted by Gasteiger charge is 2.48. The molecule has 1 atom stereocenters. The fraction of sp³-hybridized carbons (Fsp3) is 0.462. The van der Waals surface area contributed by atoms with Crippen molar-refractivity contribution in [2.24, 2.45) is 5.92 Å². The van der Waals surface area contributed by atoms with Crippen molar-refractivity contribution in [2.45, 2.75) is 45.1 Å². The molecule has 2 aliphatic heterocycles. The lowest BCUT2D eigenvalue weighted by molar-refractivity contribution is -0.132. The molecule has 2 fully saturated rings. The van der Waals surface area contributed by atoms with Crippen LogP contribution in [0.5, 0.6) is 5.75 Å². The van der Waals surface area contributed by atoms with E-state index >= 15 is 0 Å². The van der Waals surface area contributed by atoms with E-state index in [-0.39, 0.29) is 23.4 Å². The standard InChI is InChI=1S/C26H31N3O5S/c1-17(30)29-22-10-8-19(14-21(22)27-16-26(29,2)25(31)18-6-4-7-18)20-9-11-24(34-3)23(15-20)28-12-5-13-35(28,32)33/h8-11,14-15,18,27H,4-7,12-13,16H2,1-3H3/t26-/m0/s1. The molecule has 1 aliphatic carbocycles. The molecule has 2 aromatic rings. The number of fused-ring (bicyclic) bond motifs is 1. The van der Waals surface area contributed by atoms with Crippen molar-refractivity contribution in [2.75, 3.05) is 40.5 Å². The van der Waals surface area contributed by atoms with Gasteiger partial charge in [-0.1, -0.05) is 18.6 Å². The lowest BCUT2D eigenvalue weighted by Gasteiger charge is -2.47. The normalized spacial score (nSPS) is 23.3. The molecule has 9 heteroatoms. The summed E-state index contributed by atoms with van der Waals surface area (Å²) in [4.78, 5) is 27.7. The van der Waals surface area contributed by atoms with Gasteiger partial charge in [0.2, 0.25) is 15.9 Å². The van der Waals surface area contributed by atoms with Gasteiger partial charge in [-0.15, -0.1) is 0 Å². The first-order valence-corrected chi connectivity index (χ1v) is 13.7. The number of carbonyl (C=O) groups excluding carboxylic acids is 2. The van der Waals surface area contributed by atoms with E-state index in [1.54, 1.807) is 11.0 Å². The molecule has 0 radical (unpaired) electrons. The van der Waals surface area contributed by atoms with E-state index in [2.05, 4.69) is 5.32 Å². The highest BCUT2D eigenvalue weighted by Crippen LogP contribution is 2.43. The van der Waals surface area contributed by atoms with Gasteiger partial charge >= 0.3 is 0 Å². The third kappa shape index (κ3) is 3.86. The Hall–Kier alpha value is -3.07. The van der Waals surface area contributed by atoms with E-state index in [1.807, 2.05) is 37.3 Å². The van der Waals surface area contributed by atoms with Crippen LogP contribution in [0.25, 0.3) is 11.1 Å². The van der Waals surface area contributed by atoms with Crippen molar-refractivity contribution in [3.05, 3.63) is 36.4 Å². The molecule has 8 nitrogen and oxygen atoms in total. The zero-order chi connectivity index (χ0) is 25.0. The molecule has 1 amide bonds. The molecule has 1 saturated carbocycles. The number of methoxy groups -OCH3 is 1. The highest BCUT2D eigenvalue weighted by atomic mass is 32.2. The summed E-state index contributed by atoms with van der Waals surface area (Å²) in [5, 5.41) is 3.39. The van der Waals surface area contributed by atoms with Gasteiger partial charge in [-0.2, -0.15) is 0 Å². The Bertz CT molecular complexity index is 1300. The molecule has 186 valence electrons. The number of anilines is 3. The number of carbonyl (C=O) groups is 2. The van der Waals surface area contributed by atoms with Crippen LogP contribution >= 0.6 is 0 Å². The number of benzene rings is 2. The fourth-order valence-electron chi connectivity index (χ4n) is 5.46. The van der Waals surface area contributed by atoms with Gasteiger partial charge in [0.15, 0.2) is 5.78 Å². The Morgan fingerprint density at radius 2 is 1.77 bits per heavy atom. The van der Waals surface area contributed by atoms with E-state index in [9.17, 15) is 18.0 Å². The number of rotatable bonds is 5. The molecule has 2 aromatic carbocycles. The third-order valence-corrected chi connectivity index (χ3v) is 9.41. The third-order valence-electron chi connectivity index (χ3n) is 7.56. The lowest BCUT2D eigenvalue weighted by atomic mass is 9.73. The second-order valence-corrected chi connectivity index (χ2v) is 11.8. The molecule has 1 saturated heterocycles. The second-order valence-electron chi connectivity index (χ2n) is 9.83. The molecule has 0 bridgehead atoms. The number of amides is 1. The number of sulfonamides is 1. The minimum absolute atomic E-state index is 0.0176. The van der Waals surface area contributed by atoms with Crippen LogP contribution in [0.4, 0.5) is 17.1 Å². The predicted octanol–water partition coefficient (Wildman–Crippen LogP) is 3.81. The van der Waals surface area contributed by atoms with E-state index in [0.717, 1.165) is 36.1 Å². The van der Waals surface area contributed by atoms with Gasteiger partial charge in [0, 0.05) is 25.9 Å². The number of ether oxygens (including phenoxy) is 1. The molecular formula is C26H31N3O5S. The number of Topliss-reactive ketones (excluding diaryl/α,β-unsaturated/α-hetero) is 1. The SMILES string of the molecule is COc1ccc(-c2ccc3c(c2)NC[C@@](C)(C(=O)C2CCC2)N3C(C)=O)cc1N1CCCS1(=O)=O. The highest BCUT2D eigenvalue weighted by molar-refractivity contribution is 7.93. The van der Waals surface area contributed by atoms with Crippen LogP contribution in [0.2, 0.25) is 0 Å². The molecule has 0 unspecified atom stereocenters. The predicted molar refractivity (Wildman–Crippen MR) is 137 cm³/mol. The number of nitrogens with one attached hydrogen (secondary N) is 1. The molecule has 5 rings (SSSR count). The monoisotopic (exact) mass is 497 g/mol. The molecule has 3 aliphatic rings. The average molecular weight is 498 g/mol. The van der Waals surface area contributed by atoms with Crippen molar-refractivity contribution < 1.29 is 22.7 Å². The maximum Gasteiger partial charge on any atom is 0.235 e. The smallest absolute Gasteiger partial charge is 0.235 e. The van der Waals surface area contributed by atoms with Crippen molar-refractivity contribution >= 4 is 38.8 Å². The van der Waals surface area contributed by atoms with Crippen molar-refractivity contribution in [3.63, 3.8) is 0 Å². The maximum absolute atomic E-state index is 13.3. The summed E-state index contributed by atoms with van der Waals surface area (Å²) in [5.41, 5.74) is 2.75. The molecule has 0 spiro atoms. The van der Waals surface area contributed by atoms with E-state index in [1.165, 1.54) is 18.3 Å². The summed E-state index contributed by atoms with van der Waals surface area (Å²) >= 11 is 0. The summed E-state index contributed by atoms with van der Waals surface area (Å²) in [7, 11) is -1.83. The van der Waals surface area contributed by atoms with Gasteiger partial charge in [-0.05, 0) is 61.6 Å². The van der Waals surface area contributed by atoms with Gasteiger partial charge < -0.3 is 10.1 Å². The van der Waals surface area contributed by atoms with Crippen LogP contribution in [-0.2, 0) is 19.6 Å². The number of ketones is 1. The van der Waals surface area contributed by atoms with Gasteiger partial charge in [-0.25, -0.2) is 8.42 Å². The van der Waals surface area contributed by atoms with E-state index in [0.29, 0.717) is 36.6 Å². The van der Waals surface area contributed by atoms with Gasteiger partial charge in [-0.3, -0.25) is 18.8 Å². The van der Waals surface area contributed by atoms with Crippen LogP contribution in [-0.4, -0.2) is 51.6 Å². The average Bonchev–Trinajstić information content (AvgIpc) is 3.15. The zero-order valence-corrected chi connectivity index (χ0v) is 21.2. The molecular weight excluding hydrogens is 466 g/mol. The summed E-state index contributed by atoms with van der Waals surface area (Å²) in [6, 6.07) is 11.2. The Morgan fingerprint density at radius 1 is 1.06 bits per heavy atom. The topological polar surface area (TPSA) is 96.0 Å². The molecule has 0 aromatic heterocycles. The molecule has 1 N–H and O–H groups in total. The lowest BCUT2D eigenvalue weighted by Crippen LogP contribution is -2.63. The van der Waals surface area contributed by atoms with Crippen LogP contribution in [0.1, 0.15) is 39.5 Å². The first-order valence-electron chi connectivity index (χ1n) is 12.1. The quantitative estimate of drug-likeness (QED) is 0.675. The van der Waals surface area contributed by atoms with E-state index in [4.69, 9.17) is 4.74 Å². The zero-order valence-electron chi connectivity index (χ0n) is 20.3. The van der Waals surface area contributed by atoms with Gasteiger partial charge in [0.25, 0.3) is 0 Å². The van der Waals surface area contributed by atoms with Crippen LogP contribution < -0.4 is 19.3 Å². The van der Waals surface area contributed by atoms with Crippen molar-refractivity contribution in [1.29, 1.82) is 0 Å². The fourth-order valence-corrected chi connectivity index (χ4v) is 7.03. The Kier molecular flexibility index (Phi) is 5.78. The maximum atomic E-state index is 13.3. The van der Waals surface area contributed by atoms with Crippen LogP contribution in [0.15, 0.2) is 36.4 Å². The largest absolute Gasteiger partial charge is 0.495 e. The summed E-state index contributed by atoms with van der Waals surface area (Å²) in [5.74, 6) is 0.601. The Balaban J connectivity index is 1.53. The Morgan fingerprint density at radius 3 is 2.37 bits per heavy atom. The second kappa shape index (κ2) is 8.55. The van der Waals surface area contributed by atoms with Gasteiger partial charge in [0.05, 0.1) is 29.9 Å². The van der Waals surface area contributed by atoms with Crippen molar-refractivity contribution in [1.82, 2.24) is 0 Å². The Labute approximate surface area is 206 Å². The minimum atomic E-state index is -3.36. The number of nitrogens with zero attached hydrogens (tertiary/aromatic N) is 2. The van der Waals surface area contributed by atoms with Crippen LogP contribution in [0, 0.1) is 5.92 Å². The number of hydrogen-bond donors (Lipinski definition) is 1. The first-order chi connectivity index (χ1) is 16.7. The van der Waals surface area contributed by atoms with Crippen molar-refractivity contribution in [3.8, 4) is 16.9 Å². The van der Waals surface area contributed by atoms with Crippen LogP contribution in [0.3, 0.4) is 0 Å². The van der Waals surface area contributed by atoms with Gasteiger partial charge in [0.1, 0.15) is 11.3 Å². The molecule has 2 heterocycles. The minimum Gasteiger partial charge on any atom is -0.495 e. The van der Waals surface area contributed by atoms with E-state index < -0.39 is 15.6 Å². The summed E-state index contributed by atoms with van der Waals surface area (Å²) in [6.45, 7) is 4.13. The first kappa shape index (κ1) is 23.7. The summed E-state index contributed by atoms with van der Waals surface area (Å²) < 4.78 is 32.0. The molecule has 35 heavy (non-hydrogen) atoms. The summed E-state index contributed by atoms with van der Waals surface area (Å²) in [6.07, 6.45) is 3.41.